The quantitative estimate of drug-likeness (QED) is 0.631. The number of carbonyl (C=O) groups is 1. The molecular formula is C10H11BrN2O3. The number of rotatable bonds is 3. The molecule has 0 spiro atoms. The molecule has 0 aliphatic heterocycles. The van der Waals surface area contributed by atoms with Crippen LogP contribution < -0.4 is 0 Å². The number of likely N-dealkylation sites (N-methyl/N-ethyl adjacent to an activating group) is 1. The maximum absolute atomic E-state index is 11.4. The summed E-state index contributed by atoms with van der Waals surface area (Å²) in [7, 11) is 3.34. The summed E-state index contributed by atoms with van der Waals surface area (Å²) in [6.45, 7) is 0. The van der Waals surface area contributed by atoms with Crippen LogP contribution in [-0.2, 0) is 11.2 Å². The van der Waals surface area contributed by atoms with Crippen molar-refractivity contribution in [3.05, 3.63) is 38.3 Å². The van der Waals surface area contributed by atoms with Crippen LogP contribution in [0.1, 0.15) is 5.56 Å². The van der Waals surface area contributed by atoms with Gasteiger partial charge >= 0.3 is 0 Å². The highest BCUT2D eigenvalue weighted by Crippen LogP contribution is 2.25. The molecule has 1 rings (SSSR count). The monoisotopic (exact) mass is 286 g/mol. The number of benzene rings is 1. The Morgan fingerprint density at radius 3 is 2.56 bits per heavy atom. The van der Waals surface area contributed by atoms with Gasteiger partial charge in [0.15, 0.2) is 0 Å². The highest BCUT2D eigenvalue weighted by Gasteiger charge is 2.13. The van der Waals surface area contributed by atoms with E-state index in [9.17, 15) is 14.9 Å². The lowest BCUT2D eigenvalue weighted by Gasteiger charge is -2.10. The summed E-state index contributed by atoms with van der Waals surface area (Å²) in [6.07, 6.45) is 0.240. The Morgan fingerprint density at radius 2 is 2.12 bits per heavy atom. The average Bonchev–Trinajstić information content (AvgIpc) is 2.16. The van der Waals surface area contributed by atoms with E-state index in [0.717, 1.165) is 5.56 Å². The van der Waals surface area contributed by atoms with E-state index in [0.29, 0.717) is 4.47 Å². The van der Waals surface area contributed by atoms with Crippen LogP contribution in [0.25, 0.3) is 0 Å². The number of halogens is 1. The second-order valence-electron chi connectivity index (χ2n) is 3.51. The van der Waals surface area contributed by atoms with Crippen LogP contribution in [0.15, 0.2) is 22.7 Å². The van der Waals surface area contributed by atoms with Gasteiger partial charge in [0, 0.05) is 20.2 Å². The highest BCUT2D eigenvalue weighted by atomic mass is 79.9. The van der Waals surface area contributed by atoms with Gasteiger partial charge in [-0.05, 0) is 27.6 Å². The number of nitrogens with zero attached hydrogens (tertiary/aromatic N) is 2. The summed E-state index contributed by atoms with van der Waals surface area (Å²) in [5, 5.41) is 10.6. The third-order valence-corrected chi connectivity index (χ3v) is 2.70. The van der Waals surface area contributed by atoms with Gasteiger partial charge in [-0.25, -0.2) is 0 Å². The minimum absolute atomic E-state index is 0.000974. The molecule has 0 aromatic heterocycles. The van der Waals surface area contributed by atoms with Crippen molar-refractivity contribution >= 4 is 27.5 Å². The molecule has 1 aromatic rings. The van der Waals surface area contributed by atoms with Crippen LogP contribution in [0.5, 0.6) is 0 Å². The smallest absolute Gasteiger partial charge is 0.283 e. The molecule has 16 heavy (non-hydrogen) atoms. The third kappa shape index (κ3) is 3.03. The molecule has 5 nitrogen and oxygen atoms in total. The molecule has 0 atom stereocenters. The number of nitro groups is 1. The van der Waals surface area contributed by atoms with Gasteiger partial charge in [0.05, 0.1) is 15.8 Å². The fourth-order valence-electron chi connectivity index (χ4n) is 1.14. The summed E-state index contributed by atoms with van der Waals surface area (Å²) in [5.74, 6) is -0.0410. The van der Waals surface area contributed by atoms with Crippen molar-refractivity contribution < 1.29 is 9.72 Å². The Morgan fingerprint density at radius 1 is 1.50 bits per heavy atom. The van der Waals surface area contributed by atoms with Gasteiger partial charge < -0.3 is 4.90 Å². The molecule has 0 aliphatic carbocycles. The maximum atomic E-state index is 11.4. The highest BCUT2D eigenvalue weighted by molar-refractivity contribution is 9.10. The number of hydrogen-bond acceptors (Lipinski definition) is 3. The molecule has 0 bridgehead atoms. The van der Waals surface area contributed by atoms with Gasteiger partial charge in [-0.15, -0.1) is 0 Å². The normalized spacial score (nSPS) is 9.94. The van der Waals surface area contributed by atoms with Crippen molar-refractivity contribution in [2.24, 2.45) is 0 Å². The maximum Gasteiger partial charge on any atom is 0.283 e. The molecule has 0 heterocycles. The molecular weight excluding hydrogens is 276 g/mol. The lowest BCUT2D eigenvalue weighted by atomic mass is 10.1. The Bertz CT molecular complexity index is 432. The van der Waals surface area contributed by atoms with E-state index in [1.807, 2.05) is 0 Å². The Balaban J connectivity index is 2.90. The zero-order chi connectivity index (χ0) is 12.3. The van der Waals surface area contributed by atoms with E-state index >= 15 is 0 Å². The van der Waals surface area contributed by atoms with Crippen molar-refractivity contribution in [2.45, 2.75) is 6.42 Å². The summed E-state index contributed by atoms with van der Waals surface area (Å²) in [5.41, 5.74) is 0.747. The Hall–Kier alpha value is -1.43. The molecule has 0 fully saturated rings. The van der Waals surface area contributed by atoms with Crippen molar-refractivity contribution in [1.29, 1.82) is 0 Å². The summed E-state index contributed by atoms with van der Waals surface area (Å²) in [6, 6.07) is 4.58. The summed E-state index contributed by atoms with van der Waals surface area (Å²) >= 11 is 3.11. The van der Waals surface area contributed by atoms with E-state index in [1.165, 1.54) is 11.0 Å². The van der Waals surface area contributed by atoms with Crippen molar-refractivity contribution in [2.75, 3.05) is 14.1 Å². The first-order valence-corrected chi connectivity index (χ1v) is 5.34. The molecule has 0 N–H and O–H groups in total. The molecule has 1 amide bonds. The van der Waals surface area contributed by atoms with Gasteiger partial charge in [-0.3, -0.25) is 14.9 Å². The lowest BCUT2D eigenvalue weighted by molar-refractivity contribution is -0.385. The molecule has 0 saturated heterocycles. The second-order valence-corrected chi connectivity index (χ2v) is 4.36. The number of carbonyl (C=O) groups excluding carboxylic acids is 1. The first-order valence-electron chi connectivity index (χ1n) is 4.55. The Kier molecular flexibility index (Phi) is 4.00. The van der Waals surface area contributed by atoms with Crippen LogP contribution in [-0.4, -0.2) is 29.8 Å². The van der Waals surface area contributed by atoms with Gasteiger partial charge in [0.2, 0.25) is 5.91 Å². The minimum Gasteiger partial charge on any atom is -0.349 e. The number of hydrogen-bond donors (Lipinski definition) is 0. The zero-order valence-corrected chi connectivity index (χ0v) is 10.5. The molecule has 0 saturated carbocycles. The topological polar surface area (TPSA) is 63.5 Å². The van der Waals surface area contributed by atoms with Gasteiger partial charge in [-0.2, -0.15) is 0 Å². The predicted molar refractivity (Wildman–Crippen MR) is 63.2 cm³/mol. The van der Waals surface area contributed by atoms with Crippen LogP contribution in [0.2, 0.25) is 0 Å². The van der Waals surface area contributed by atoms with Crippen molar-refractivity contribution in [1.82, 2.24) is 4.90 Å². The molecule has 86 valence electrons. The molecule has 0 radical (unpaired) electrons. The molecule has 0 aliphatic rings. The SMILES string of the molecule is CN(C)C(=O)Cc1ccc([N+](=O)[O-])c(Br)c1. The zero-order valence-electron chi connectivity index (χ0n) is 8.94. The van der Waals surface area contributed by atoms with Crippen molar-refractivity contribution in [3.8, 4) is 0 Å². The largest absolute Gasteiger partial charge is 0.349 e. The fraction of sp³-hybridized carbons (Fsp3) is 0.300. The average molecular weight is 287 g/mol. The van der Waals surface area contributed by atoms with Crippen LogP contribution in [0, 0.1) is 10.1 Å². The first kappa shape index (κ1) is 12.6. The second kappa shape index (κ2) is 5.07. The number of nitro benzene ring substituents is 1. The van der Waals surface area contributed by atoms with Gasteiger partial charge in [0.25, 0.3) is 5.69 Å². The van der Waals surface area contributed by atoms with Crippen LogP contribution >= 0.6 is 15.9 Å². The predicted octanol–water partition coefficient (Wildman–Crippen LogP) is 1.99. The van der Waals surface area contributed by atoms with E-state index in [1.54, 1.807) is 26.2 Å². The van der Waals surface area contributed by atoms with E-state index in [2.05, 4.69) is 15.9 Å². The van der Waals surface area contributed by atoms with E-state index in [-0.39, 0.29) is 18.0 Å². The Labute approximate surface area is 101 Å². The molecule has 6 heteroatoms. The van der Waals surface area contributed by atoms with Gasteiger partial charge in [-0.1, -0.05) is 6.07 Å². The number of amides is 1. The van der Waals surface area contributed by atoms with E-state index in [4.69, 9.17) is 0 Å². The van der Waals surface area contributed by atoms with Crippen molar-refractivity contribution in [3.63, 3.8) is 0 Å². The fourth-order valence-corrected chi connectivity index (χ4v) is 1.71. The summed E-state index contributed by atoms with van der Waals surface area (Å²) in [4.78, 5) is 23.0. The third-order valence-electron chi connectivity index (χ3n) is 2.06. The molecule has 1 aromatic carbocycles. The molecule has 0 unspecified atom stereocenters. The summed E-state index contributed by atoms with van der Waals surface area (Å²) < 4.78 is 0.390. The van der Waals surface area contributed by atoms with Crippen LogP contribution in [0.3, 0.4) is 0 Å². The standard InChI is InChI=1S/C10H11BrN2O3/c1-12(2)10(14)6-7-3-4-9(13(15)16)8(11)5-7/h3-5H,6H2,1-2H3. The minimum atomic E-state index is -0.471. The van der Waals surface area contributed by atoms with E-state index < -0.39 is 4.92 Å². The van der Waals surface area contributed by atoms with Crippen LogP contribution in [0.4, 0.5) is 5.69 Å². The first-order chi connectivity index (χ1) is 7.41. The van der Waals surface area contributed by atoms with Gasteiger partial charge in [0.1, 0.15) is 0 Å². The lowest BCUT2D eigenvalue weighted by Crippen LogP contribution is -2.23.